The summed E-state index contributed by atoms with van der Waals surface area (Å²) >= 11 is 1.51. The molecular weight excluding hydrogens is 534 g/mol. The Kier molecular flexibility index (Phi) is 8.78. The zero-order chi connectivity index (χ0) is 29.3. The molecule has 0 spiro atoms. The fourth-order valence-electron chi connectivity index (χ4n) is 6.70. The van der Waals surface area contributed by atoms with Crippen LogP contribution < -0.4 is 0 Å². The van der Waals surface area contributed by atoms with Crippen LogP contribution >= 0.6 is 11.3 Å². The Labute approximate surface area is 245 Å². The first-order chi connectivity index (χ1) is 19.7. The molecular formula is C34H39NO5S. The van der Waals surface area contributed by atoms with E-state index in [-0.39, 0.29) is 36.6 Å². The maximum absolute atomic E-state index is 13.6. The van der Waals surface area contributed by atoms with Crippen LogP contribution in [0.4, 0.5) is 0 Å². The van der Waals surface area contributed by atoms with Crippen molar-refractivity contribution in [1.29, 1.82) is 0 Å². The molecule has 1 aliphatic heterocycles. The Hall–Kier alpha value is -3.26. The van der Waals surface area contributed by atoms with Gasteiger partial charge < -0.3 is 15.3 Å². The number of thiophene rings is 1. The van der Waals surface area contributed by atoms with Crippen LogP contribution in [0, 0.1) is 23.7 Å². The van der Waals surface area contributed by atoms with Gasteiger partial charge >= 0.3 is 0 Å². The number of nitrogens with zero attached hydrogens (tertiary/aromatic N) is 1. The lowest BCUT2D eigenvalue weighted by molar-refractivity contribution is -0.140. The molecule has 2 aliphatic rings. The number of amides is 2. The van der Waals surface area contributed by atoms with Crippen molar-refractivity contribution in [1.82, 2.24) is 4.90 Å². The minimum Gasteiger partial charge on any atom is -0.507 e. The van der Waals surface area contributed by atoms with Crippen molar-refractivity contribution in [3.8, 4) is 5.75 Å². The molecule has 0 saturated carbocycles. The maximum atomic E-state index is 13.6. The largest absolute Gasteiger partial charge is 0.507 e. The van der Waals surface area contributed by atoms with Crippen molar-refractivity contribution in [2.75, 3.05) is 6.61 Å². The predicted molar refractivity (Wildman–Crippen MR) is 163 cm³/mol. The maximum Gasteiger partial charge on any atom is 0.234 e. The minimum absolute atomic E-state index is 0.0773. The van der Waals surface area contributed by atoms with Crippen LogP contribution in [0.3, 0.4) is 0 Å². The van der Waals surface area contributed by atoms with E-state index >= 15 is 0 Å². The molecule has 5 rings (SSSR count). The fraction of sp³-hybridized carbons (Fsp3) is 0.412. The highest BCUT2D eigenvalue weighted by atomic mass is 32.1. The number of imide groups is 1. The van der Waals surface area contributed by atoms with Gasteiger partial charge in [-0.1, -0.05) is 74.4 Å². The number of phenols is 1. The van der Waals surface area contributed by atoms with Gasteiger partial charge in [-0.3, -0.25) is 14.5 Å². The Morgan fingerprint density at radius 1 is 1.07 bits per heavy atom. The van der Waals surface area contributed by atoms with Crippen molar-refractivity contribution in [3.63, 3.8) is 0 Å². The summed E-state index contributed by atoms with van der Waals surface area (Å²) in [4.78, 5) is 29.4. The van der Waals surface area contributed by atoms with E-state index in [1.54, 1.807) is 6.07 Å². The molecule has 0 unspecified atom stereocenters. The van der Waals surface area contributed by atoms with Crippen molar-refractivity contribution in [3.05, 3.63) is 81.1 Å². The van der Waals surface area contributed by atoms with Crippen LogP contribution in [0.1, 0.15) is 56.9 Å². The average molecular weight is 574 g/mol. The Morgan fingerprint density at radius 2 is 1.83 bits per heavy atom. The number of likely N-dealkylation sites (tertiary alicyclic amines) is 1. The van der Waals surface area contributed by atoms with E-state index in [4.69, 9.17) is 0 Å². The first-order valence-electron chi connectivity index (χ1n) is 14.5. The molecule has 1 fully saturated rings. The summed E-state index contributed by atoms with van der Waals surface area (Å²) in [5.41, 5.74) is 3.91. The second-order valence-corrected chi connectivity index (χ2v) is 12.6. The number of phenolic OH excluding ortho intramolecular Hbond substituents is 1. The second-order valence-electron chi connectivity index (χ2n) is 11.5. The molecule has 2 amide bonds. The highest BCUT2D eigenvalue weighted by Gasteiger charge is 2.55. The molecule has 1 saturated heterocycles. The number of fused-ring (bicyclic) bond motifs is 2. The van der Waals surface area contributed by atoms with Gasteiger partial charge in [-0.2, -0.15) is 0 Å². The van der Waals surface area contributed by atoms with Gasteiger partial charge in [0.05, 0.1) is 31.1 Å². The van der Waals surface area contributed by atoms with Gasteiger partial charge in [0.2, 0.25) is 11.8 Å². The highest BCUT2D eigenvalue weighted by molar-refractivity contribution is 7.09. The summed E-state index contributed by atoms with van der Waals surface area (Å²) in [7, 11) is 0. The fourth-order valence-corrected chi connectivity index (χ4v) is 7.40. The van der Waals surface area contributed by atoms with Gasteiger partial charge in [-0.15, -0.1) is 11.3 Å². The Bertz CT molecular complexity index is 1490. The van der Waals surface area contributed by atoms with E-state index in [0.717, 1.165) is 44.4 Å². The highest BCUT2D eigenvalue weighted by Crippen LogP contribution is 2.48. The number of aliphatic hydroxyl groups is 2. The monoisotopic (exact) mass is 573 g/mol. The molecule has 0 bridgehead atoms. The summed E-state index contributed by atoms with van der Waals surface area (Å²) in [5.74, 6) is -1.82. The predicted octanol–water partition coefficient (Wildman–Crippen LogP) is 6.31. The zero-order valence-electron chi connectivity index (χ0n) is 23.9. The van der Waals surface area contributed by atoms with E-state index < -0.39 is 23.9 Å². The van der Waals surface area contributed by atoms with Crippen LogP contribution in [0.15, 0.2) is 70.6 Å². The van der Waals surface area contributed by atoms with E-state index in [2.05, 4.69) is 26.8 Å². The zero-order valence-corrected chi connectivity index (χ0v) is 24.7. The standard InChI is InChI=1S/C34H39NO5S/c1-4-21(16-22-12-14-29(37)25-10-6-5-9-24(22)25)11-13-30(38)31-26(20(2)3)17-27-32(28(31)19-36)34(40)35(33(27)39)18-23-8-7-15-41-23/h5-10,12,14-16,20,27-28,30,32,36-38H,4,11,13,17-19H2,1-3H3/b21-16+/t27-,28+,30-,32-/m1/s1. The van der Waals surface area contributed by atoms with Gasteiger partial charge in [0, 0.05) is 16.2 Å². The third kappa shape index (κ3) is 5.63. The molecule has 2 aromatic carbocycles. The average Bonchev–Trinajstić information content (AvgIpc) is 3.58. The molecule has 4 atom stereocenters. The third-order valence-electron chi connectivity index (χ3n) is 8.85. The summed E-state index contributed by atoms with van der Waals surface area (Å²) in [6, 6.07) is 15.2. The number of carbonyl (C=O) groups is 2. The van der Waals surface area contributed by atoms with Gasteiger partial charge in [0.1, 0.15) is 5.75 Å². The molecule has 0 radical (unpaired) electrons. The lowest BCUT2D eigenvalue weighted by Crippen LogP contribution is -2.39. The number of rotatable bonds is 10. The summed E-state index contributed by atoms with van der Waals surface area (Å²) in [5, 5.41) is 36.2. The van der Waals surface area contributed by atoms with Gasteiger partial charge in [0.15, 0.2) is 0 Å². The van der Waals surface area contributed by atoms with Crippen LogP contribution in [0.25, 0.3) is 16.8 Å². The molecule has 3 aromatic rings. The SMILES string of the molecule is CC/C(=C\c1ccc(O)c2ccccc12)CC[C@@H](O)C1=C(C(C)C)C[C@H]2C(=O)N(Cc3cccs3)C(=O)[C@H]2[C@H]1CO. The molecule has 1 aromatic heterocycles. The second kappa shape index (κ2) is 12.3. The topological polar surface area (TPSA) is 98.1 Å². The van der Waals surface area contributed by atoms with Crippen molar-refractivity contribution in [2.45, 2.75) is 59.1 Å². The van der Waals surface area contributed by atoms with E-state index in [0.29, 0.717) is 19.3 Å². The number of hydrogen-bond donors (Lipinski definition) is 3. The molecule has 216 valence electrons. The Balaban J connectivity index is 1.40. The van der Waals surface area contributed by atoms with Crippen LogP contribution in [0.5, 0.6) is 5.75 Å². The van der Waals surface area contributed by atoms with Crippen molar-refractivity contribution in [2.24, 2.45) is 23.7 Å². The number of allylic oxidation sites excluding steroid dienone is 2. The van der Waals surface area contributed by atoms with Gasteiger partial charge in [-0.25, -0.2) is 0 Å². The molecule has 2 heterocycles. The van der Waals surface area contributed by atoms with E-state index in [1.807, 2.05) is 47.8 Å². The smallest absolute Gasteiger partial charge is 0.234 e. The molecule has 7 heteroatoms. The Morgan fingerprint density at radius 3 is 2.49 bits per heavy atom. The molecule has 3 N–H and O–H groups in total. The number of carbonyl (C=O) groups excluding carboxylic acids is 2. The van der Waals surface area contributed by atoms with Gasteiger partial charge in [-0.05, 0) is 65.6 Å². The third-order valence-corrected chi connectivity index (χ3v) is 9.71. The first-order valence-corrected chi connectivity index (χ1v) is 15.4. The van der Waals surface area contributed by atoms with Crippen molar-refractivity contribution < 1.29 is 24.9 Å². The quantitative estimate of drug-likeness (QED) is 0.195. The number of aliphatic hydroxyl groups excluding tert-OH is 2. The van der Waals surface area contributed by atoms with Crippen LogP contribution in [0.2, 0.25) is 0 Å². The lowest BCUT2D eigenvalue weighted by atomic mass is 9.66. The molecule has 1 aliphatic carbocycles. The van der Waals surface area contributed by atoms with Crippen molar-refractivity contribution >= 4 is 40.0 Å². The summed E-state index contributed by atoms with van der Waals surface area (Å²) in [6.07, 6.45) is 3.64. The normalized spacial score (nSPS) is 22.2. The van der Waals surface area contributed by atoms with Crippen LogP contribution in [-0.4, -0.2) is 44.7 Å². The van der Waals surface area contributed by atoms with E-state index in [1.165, 1.54) is 16.2 Å². The van der Waals surface area contributed by atoms with Crippen LogP contribution in [-0.2, 0) is 16.1 Å². The number of aromatic hydroxyl groups is 1. The summed E-state index contributed by atoms with van der Waals surface area (Å²) in [6.45, 7) is 6.16. The molecule has 6 nitrogen and oxygen atoms in total. The minimum atomic E-state index is -0.828. The first kappa shape index (κ1) is 29.2. The summed E-state index contributed by atoms with van der Waals surface area (Å²) < 4.78 is 0. The number of benzene rings is 2. The molecule has 41 heavy (non-hydrogen) atoms. The van der Waals surface area contributed by atoms with E-state index in [9.17, 15) is 24.9 Å². The van der Waals surface area contributed by atoms with Gasteiger partial charge in [0.25, 0.3) is 0 Å². The lowest BCUT2D eigenvalue weighted by Gasteiger charge is -2.38. The number of hydrogen-bond acceptors (Lipinski definition) is 6.